The van der Waals surface area contributed by atoms with Gasteiger partial charge in [-0.2, -0.15) is 0 Å². The molecular weight excluding hydrogens is 370 g/mol. The normalized spacial score (nSPS) is 20.6. The lowest BCUT2D eigenvalue weighted by Gasteiger charge is -2.43. The van der Waals surface area contributed by atoms with Crippen LogP contribution < -0.4 is 5.56 Å². The largest absolute Gasteiger partial charge is 0.483 e. The van der Waals surface area contributed by atoms with Crippen molar-refractivity contribution in [3.8, 4) is 11.3 Å². The molecule has 7 nitrogen and oxygen atoms in total. The molecule has 2 aliphatic rings. The Morgan fingerprint density at radius 2 is 2.00 bits per heavy atom. The summed E-state index contributed by atoms with van der Waals surface area (Å²) in [5.41, 5.74) is 3.65. The molecular formula is C22H29N3O4. The predicted molar refractivity (Wildman–Crippen MR) is 111 cm³/mol. The molecule has 2 aliphatic heterocycles. The first-order chi connectivity index (χ1) is 13.9. The third-order valence-electron chi connectivity index (χ3n) is 5.56. The number of fused-ring (bicyclic) bond motifs is 4. The molecule has 2 bridgehead atoms. The van der Waals surface area contributed by atoms with Gasteiger partial charge in [0, 0.05) is 55.6 Å². The SMILES string of the molecule is CC(C)CN1C[C@@H]2C[C@H](C1)c1cc(-c3cc(CO)ccn3)cc(=O)n1C2.O=CO. The molecule has 0 spiro atoms. The van der Waals surface area contributed by atoms with E-state index in [9.17, 15) is 9.90 Å². The summed E-state index contributed by atoms with van der Waals surface area (Å²) in [5, 5.41) is 16.3. The summed E-state index contributed by atoms with van der Waals surface area (Å²) >= 11 is 0. The van der Waals surface area contributed by atoms with E-state index in [1.54, 1.807) is 18.3 Å². The zero-order valence-electron chi connectivity index (χ0n) is 17.0. The number of piperidine rings is 1. The average molecular weight is 399 g/mol. The van der Waals surface area contributed by atoms with Crippen molar-refractivity contribution >= 4 is 6.47 Å². The van der Waals surface area contributed by atoms with Crippen molar-refractivity contribution in [2.24, 2.45) is 11.8 Å². The molecule has 2 aromatic heterocycles. The highest BCUT2D eigenvalue weighted by Crippen LogP contribution is 2.36. The molecule has 0 unspecified atom stereocenters. The molecule has 0 radical (unpaired) electrons. The average Bonchev–Trinajstić information content (AvgIpc) is 2.69. The molecule has 4 rings (SSSR count). The van der Waals surface area contributed by atoms with Crippen LogP contribution in [0.2, 0.25) is 0 Å². The van der Waals surface area contributed by atoms with Crippen molar-refractivity contribution in [1.29, 1.82) is 0 Å². The summed E-state index contributed by atoms with van der Waals surface area (Å²) in [6.45, 7) is 8.33. The second kappa shape index (κ2) is 9.33. The van der Waals surface area contributed by atoms with Gasteiger partial charge in [0.05, 0.1) is 12.3 Å². The molecule has 156 valence electrons. The molecule has 2 N–H and O–H groups in total. The number of carboxylic acid groups (broad SMARTS) is 1. The van der Waals surface area contributed by atoms with E-state index in [-0.39, 0.29) is 18.6 Å². The van der Waals surface area contributed by atoms with Crippen LogP contribution in [0, 0.1) is 11.8 Å². The topological polar surface area (TPSA) is 95.7 Å². The van der Waals surface area contributed by atoms with Crippen molar-refractivity contribution in [3.05, 3.63) is 52.1 Å². The van der Waals surface area contributed by atoms with E-state index >= 15 is 0 Å². The van der Waals surface area contributed by atoms with Gasteiger partial charge in [-0.05, 0) is 42.0 Å². The van der Waals surface area contributed by atoms with Crippen LogP contribution in [0.4, 0.5) is 0 Å². The van der Waals surface area contributed by atoms with Gasteiger partial charge in [-0.3, -0.25) is 14.6 Å². The maximum atomic E-state index is 12.8. The second-order valence-electron chi connectivity index (χ2n) is 8.34. The fraction of sp³-hybridized carbons (Fsp3) is 0.500. The lowest BCUT2D eigenvalue weighted by molar-refractivity contribution is -0.122. The molecule has 1 fully saturated rings. The Balaban J connectivity index is 0.000000755. The number of carbonyl (C=O) groups is 1. The molecule has 4 heterocycles. The zero-order valence-corrected chi connectivity index (χ0v) is 17.0. The van der Waals surface area contributed by atoms with Gasteiger partial charge in [-0.1, -0.05) is 13.8 Å². The Morgan fingerprint density at radius 3 is 2.69 bits per heavy atom. The number of nitrogens with zero attached hydrogens (tertiary/aromatic N) is 3. The highest BCUT2D eigenvalue weighted by molar-refractivity contribution is 5.60. The van der Waals surface area contributed by atoms with E-state index in [1.807, 2.05) is 10.6 Å². The summed E-state index contributed by atoms with van der Waals surface area (Å²) < 4.78 is 1.98. The van der Waals surface area contributed by atoms with Gasteiger partial charge in [0.15, 0.2) is 0 Å². The van der Waals surface area contributed by atoms with Crippen LogP contribution in [0.3, 0.4) is 0 Å². The van der Waals surface area contributed by atoms with Gasteiger partial charge in [0.1, 0.15) is 0 Å². The summed E-state index contributed by atoms with van der Waals surface area (Å²) in [7, 11) is 0. The number of hydrogen-bond acceptors (Lipinski definition) is 5. The molecule has 0 saturated carbocycles. The van der Waals surface area contributed by atoms with Crippen LogP contribution in [-0.4, -0.2) is 50.8 Å². The van der Waals surface area contributed by atoms with Gasteiger partial charge >= 0.3 is 0 Å². The molecule has 1 saturated heterocycles. The standard InChI is InChI=1S/C21H27N3O2.CH2O2/c1-14(2)9-23-10-16-5-18(12-23)20-7-17(8-21(26)24(20)11-16)19-6-15(13-25)3-4-22-19;2-1-3/h3-4,6-8,14,16,18,25H,5,9-13H2,1-2H3;1H,(H,2,3)/t16-,18+;/m0./s1. The number of pyridine rings is 2. The monoisotopic (exact) mass is 399 g/mol. The first kappa shape index (κ1) is 21.2. The first-order valence-electron chi connectivity index (χ1n) is 10.1. The fourth-order valence-corrected chi connectivity index (χ4v) is 4.60. The highest BCUT2D eigenvalue weighted by Gasteiger charge is 2.35. The molecule has 0 aromatic carbocycles. The molecule has 0 aliphatic carbocycles. The second-order valence-corrected chi connectivity index (χ2v) is 8.34. The Hall–Kier alpha value is -2.51. The van der Waals surface area contributed by atoms with Crippen molar-refractivity contribution in [1.82, 2.24) is 14.5 Å². The summed E-state index contributed by atoms with van der Waals surface area (Å²) in [6, 6.07) is 7.50. The van der Waals surface area contributed by atoms with Gasteiger partial charge < -0.3 is 19.7 Å². The van der Waals surface area contributed by atoms with Gasteiger partial charge in [-0.15, -0.1) is 0 Å². The lowest BCUT2D eigenvalue weighted by Crippen LogP contribution is -2.48. The van der Waals surface area contributed by atoms with Gasteiger partial charge in [0.2, 0.25) is 0 Å². The zero-order chi connectivity index (χ0) is 21.0. The lowest BCUT2D eigenvalue weighted by atomic mass is 9.82. The fourth-order valence-electron chi connectivity index (χ4n) is 4.60. The van der Waals surface area contributed by atoms with Crippen molar-refractivity contribution in [2.45, 2.75) is 39.3 Å². The number of likely N-dealkylation sites (tertiary alicyclic amines) is 1. The molecule has 2 aromatic rings. The van der Waals surface area contributed by atoms with Gasteiger partial charge in [0.25, 0.3) is 12.0 Å². The minimum atomic E-state index is -0.250. The Labute approximate surface area is 170 Å². The molecule has 7 heteroatoms. The van der Waals surface area contributed by atoms with Crippen molar-refractivity contribution in [3.63, 3.8) is 0 Å². The summed E-state index contributed by atoms with van der Waals surface area (Å²) in [6.07, 6.45) is 2.86. The van der Waals surface area contributed by atoms with Crippen molar-refractivity contribution in [2.75, 3.05) is 19.6 Å². The summed E-state index contributed by atoms with van der Waals surface area (Å²) in [4.78, 5) is 28.1. The molecule has 2 atom stereocenters. The third kappa shape index (κ3) is 4.92. The van der Waals surface area contributed by atoms with Crippen LogP contribution in [-0.2, 0) is 17.9 Å². The number of hydrogen-bond donors (Lipinski definition) is 2. The van der Waals surface area contributed by atoms with E-state index in [0.717, 1.165) is 48.7 Å². The predicted octanol–water partition coefficient (Wildman–Crippen LogP) is 2.18. The Morgan fingerprint density at radius 1 is 1.24 bits per heavy atom. The minimum absolute atomic E-state index is 0.0199. The maximum absolute atomic E-state index is 12.8. The van der Waals surface area contributed by atoms with Crippen LogP contribution in [0.1, 0.15) is 37.4 Å². The minimum Gasteiger partial charge on any atom is -0.483 e. The van der Waals surface area contributed by atoms with E-state index < -0.39 is 0 Å². The van der Waals surface area contributed by atoms with Crippen LogP contribution in [0.25, 0.3) is 11.3 Å². The number of aliphatic hydroxyl groups is 1. The van der Waals surface area contributed by atoms with E-state index in [0.29, 0.717) is 17.8 Å². The third-order valence-corrected chi connectivity index (χ3v) is 5.56. The quantitative estimate of drug-likeness (QED) is 0.765. The highest BCUT2D eigenvalue weighted by atomic mass is 16.3. The molecule has 29 heavy (non-hydrogen) atoms. The number of rotatable bonds is 4. The maximum Gasteiger partial charge on any atom is 0.290 e. The van der Waals surface area contributed by atoms with E-state index in [4.69, 9.17) is 9.90 Å². The van der Waals surface area contributed by atoms with E-state index in [1.165, 1.54) is 6.42 Å². The number of aromatic nitrogens is 2. The van der Waals surface area contributed by atoms with Gasteiger partial charge in [-0.25, -0.2) is 0 Å². The van der Waals surface area contributed by atoms with Crippen LogP contribution >= 0.6 is 0 Å². The van der Waals surface area contributed by atoms with Crippen molar-refractivity contribution < 1.29 is 15.0 Å². The van der Waals surface area contributed by atoms with Crippen LogP contribution in [0.5, 0.6) is 0 Å². The van der Waals surface area contributed by atoms with Crippen LogP contribution in [0.15, 0.2) is 35.3 Å². The smallest absolute Gasteiger partial charge is 0.290 e. The Kier molecular flexibility index (Phi) is 6.82. The Bertz CT molecular complexity index is 909. The first-order valence-corrected chi connectivity index (χ1v) is 10.1. The molecule has 0 amide bonds. The number of aliphatic hydroxyl groups excluding tert-OH is 1. The van der Waals surface area contributed by atoms with E-state index in [2.05, 4.69) is 29.8 Å². The summed E-state index contributed by atoms with van der Waals surface area (Å²) in [5.74, 6) is 1.64.